The lowest BCUT2D eigenvalue weighted by atomic mass is 9.89. The molecule has 0 bridgehead atoms. The second kappa shape index (κ2) is 6.66. The second-order valence-electron chi connectivity index (χ2n) is 5.31. The summed E-state index contributed by atoms with van der Waals surface area (Å²) in [7, 11) is 0. The topological polar surface area (TPSA) is 80.3 Å². The molecule has 1 aliphatic heterocycles. The molecule has 0 radical (unpaired) electrons. The molecule has 0 unspecified atom stereocenters. The van der Waals surface area contributed by atoms with Crippen LogP contribution in [0, 0.1) is 5.82 Å². The maximum Gasteiger partial charge on any atom is 0.237 e. The molecule has 2 aromatic rings. The van der Waals surface area contributed by atoms with E-state index in [0.717, 1.165) is 0 Å². The number of carbonyl (C=O) groups excluding carboxylic acids is 2. The summed E-state index contributed by atoms with van der Waals surface area (Å²) in [6, 6.07) is 7.34. The highest BCUT2D eigenvalue weighted by atomic mass is 19.1. The monoisotopic (exact) mass is 329 g/mol. The molecule has 1 aliphatic rings. The minimum Gasteiger partial charge on any atom is -0.476 e. The van der Waals surface area contributed by atoms with Gasteiger partial charge in [-0.2, -0.15) is 0 Å². The van der Waals surface area contributed by atoms with Gasteiger partial charge in [-0.3, -0.25) is 9.59 Å². The number of amides is 2. The van der Waals surface area contributed by atoms with E-state index in [9.17, 15) is 14.0 Å². The highest BCUT2D eigenvalue weighted by Crippen LogP contribution is 2.34. The fourth-order valence-corrected chi connectivity index (χ4v) is 2.63. The van der Waals surface area contributed by atoms with Gasteiger partial charge in [0.1, 0.15) is 11.5 Å². The van der Waals surface area contributed by atoms with Crippen LogP contribution in [0.1, 0.15) is 24.8 Å². The van der Waals surface area contributed by atoms with E-state index in [4.69, 9.17) is 4.74 Å². The first-order valence-corrected chi connectivity index (χ1v) is 7.56. The average molecular weight is 329 g/mol. The van der Waals surface area contributed by atoms with Crippen LogP contribution in [0.5, 0.6) is 5.88 Å². The minimum atomic E-state index is -0.705. The molecule has 1 aromatic heterocycles. The molecular formula is C17H16FN3O3. The third kappa shape index (κ3) is 3.19. The number of pyridine rings is 1. The predicted molar refractivity (Wildman–Crippen MR) is 86.4 cm³/mol. The number of nitrogens with one attached hydrogen (secondary N) is 2. The lowest BCUT2D eigenvalue weighted by molar-refractivity contribution is -0.123. The maximum atomic E-state index is 13.4. The lowest BCUT2D eigenvalue weighted by Gasteiger charge is -2.25. The van der Waals surface area contributed by atoms with Crippen LogP contribution < -0.4 is 15.4 Å². The van der Waals surface area contributed by atoms with E-state index in [-0.39, 0.29) is 18.2 Å². The molecule has 1 atom stereocenters. The number of fused-ring (bicyclic) bond motifs is 1. The van der Waals surface area contributed by atoms with Crippen molar-refractivity contribution in [2.75, 3.05) is 17.2 Å². The van der Waals surface area contributed by atoms with Crippen LogP contribution in [0.4, 0.5) is 15.8 Å². The molecule has 3 rings (SSSR count). The molecular weight excluding hydrogens is 313 g/mol. The van der Waals surface area contributed by atoms with Gasteiger partial charge in [-0.25, -0.2) is 9.37 Å². The molecule has 0 saturated carbocycles. The van der Waals surface area contributed by atoms with Crippen LogP contribution in [0.2, 0.25) is 0 Å². The zero-order chi connectivity index (χ0) is 17.1. The Morgan fingerprint density at radius 2 is 2.29 bits per heavy atom. The van der Waals surface area contributed by atoms with Gasteiger partial charge in [-0.05, 0) is 36.8 Å². The van der Waals surface area contributed by atoms with Crippen molar-refractivity contribution in [3.8, 4) is 5.88 Å². The highest BCUT2D eigenvalue weighted by Gasteiger charge is 2.31. The quantitative estimate of drug-likeness (QED) is 0.904. The highest BCUT2D eigenvalue weighted by molar-refractivity contribution is 6.05. The number of hydrogen-bond donors (Lipinski definition) is 2. The maximum absolute atomic E-state index is 13.4. The molecule has 124 valence electrons. The Morgan fingerprint density at radius 3 is 3.08 bits per heavy atom. The summed E-state index contributed by atoms with van der Waals surface area (Å²) in [4.78, 5) is 28.5. The third-order valence-electron chi connectivity index (χ3n) is 3.68. The van der Waals surface area contributed by atoms with Gasteiger partial charge in [0, 0.05) is 18.3 Å². The van der Waals surface area contributed by atoms with E-state index < -0.39 is 11.7 Å². The first-order valence-electron chi connectivity index (χ1n) is 7.56. The Hall–Kier alpha value is -2.96. The third-order valence-corrected chi connectivity index (χ3v) is 3.68. The van der Waals surface area contributed by atoms with Crippen LogP contribution in [0.15, 0.2) is 36.5 Å². The van der Waals surface area contributed by atoms with E-state index in [1.165, 1.54) is 18.2 Å². The number of rotatable bonds is 4. The summed E-state index contributed by atoms with van der Waals surface area (Å²) < 4.78 is 18.7. The summed E-state index contributed by atoms with van der Waals surface area (Å²) >= 11 is 0. The van der Waals surface area contributed by atoms with Gasteiger partial charge >= 0.3 is 0 Å². The van der Waals surface area contributed by atoms with Crippen molar-refractivity contribution in [2.45, 2.75) is 19.3 Å². The molecule has 2 N–H and O–H groups in total. The normalized spacial score (nSPS) is 16.1. The fourth-order valence-electron chi connectivity index (χ4n) is 2.63. The summed E-state index contributed by atoms with van der Waals surface area (Å²) in [5.41, 5.74) is 1.33. The Balaban J connectivity index is 1.87. The summed E-state index contributed by atoms with van der Waals surface area (Å²) in [6.07, 6.45) is 1.56. The molecule has 6 nitrogen and oxygen atoms in total. The van der Waals surface area contributed by atoms with Gasteiger partial charge in [-0.15, -0.1) is 0 Å². The Morgan fingerprint density at radius 1 is 1.46 bits per heavy atom. The van der Waals surface area contributed by atoms with E-state index >= 15 is 0 Å². The van der Waals surface area contributed by atoms with Crippen molar-refractivity contribution < 1.29 is 18.7 Å². The smallest absolute Gasteiger partial charge is 0.237 e. The fraction of sp³-hybridized carbons (Fsp3) is 0.235. The number of aromatic nitrogens is 1. The molecule has 0 fully saturated rings. The number of benzene rings is 1. The number of nitrogens with zero attached hydrogens (tertiary/aromatic N) is 1. The SMILES string of the molecule is CCOc1ncccc1NC(=O)[C@@H]1CC(=O)Nc2cc(F)ccc21. The Bertz CT molecular complexity index is 794. The van der Waals surface area contributed by atoms with Crippen molar-refractivity contribution in [3.05, 3.63) is 47.9 Å². The van der Waals surface area contributed by atoms with E-state index in [2.05, 4.69) is 15.6 Å². The van der Waals surface area contributed by atoms with Crippen LogP contribution in [-0.2, 0) is 9.59 Å². The average Bonchev–Trinajstić information content (AvgIpc) is 2.55. The number of carbonyl (C=O) groups is 2. The lowest BCUT2D eigenvalue weighted by Crippen LogP contribution is -2.31. The molecule has 0 spiro atoms. The predicted octanol–water partition coefficient (Wildman–Crippen LogP) is 2.68. The first-order chi connectivity index (χ1) is 11.6. The number of halogens is 1. The van der Waals surface area contributed by atoms with Gasteiger partial charge in [0.2, 0.25) is 17.7 Å². The van der Waals surface area contributed by atoms with Crippen molar-refractivity contribution >= 4 is 23.2 Å². The van der Waals surface area contributed by atoms with Gasteiger partial charge in [0.05, 0.1) is 12.5 Å². The largest absolute Gasteiger partial charge is 0.476 e. The molecule has 2 heterocycles. The zero-order valence-electron chi connectivity index (χ0n) is 13.0. The molecule has 7 heteroatoms. The number of hydrogen-bond acceptors (Lipinski definition) is 4. The zero-order valence-corrected chi connectivity index (χ0v) is 13.0. The minimum absolute atomic E-state index is 0.00526. The standard InChI is InChI=1S/C17H16FN3O3/c1-2-24-17-13(4-3-7-19-17)21-16(23)12-9-15(22)20-14-8-10(18)5-6-11(12)14/h3-8,12H,2,9H2,1H3,(H,20,22)(H,21,23)/t12-/m1/s1. The van der Waals surface area contributed by atoms with Crippen LogP contribution >= 0.6 is 0 Å². The van der Waals surface area contributed by atoms with E-state index in [1.807, 2.05) is 6.92 Å². The summed E-state index contributed by atoms with van der Waals surface area (Å²) in [5.74, 6) is -1.56. The van der Waals surface area contributed by atoms with Crippen LogP contribution in [0.3, 0.4) is 0 Å². The Labute approximate surface area is 138 Å². The Kier molecular flexibility index (Phi) is 4.41. The van der Waals surface area contributed by atoms with Gasteiger partial charge in [-0.1, -0.05) is 6.07 Å². The summed E-state index contributed by atoms with van der Waals surface area (Å²) in [6.45, 7) is 2.23. The van der Waals surface area contributed by atoms with Gasteiger partial charge in [0.15, 0.2) is 0 Å². The van der Waals surface area contributed by atoms with Crippen LogP contribution in [-0.4, -0.2) is 23.4 Å². The molecule has 1 aromatic carbocycles. The molecule has 2 amide bonds. The van der Waals surface area contributed by atoms with Crippen molar-refractivity contribution in [1.29, 1.82) is 0 Å². The summed E-state index contributed by atoms with van der Waals surface area (Å²) in [5, 5.41) is 5.33. The van der Waals surface area contributed by atoms with Crippen LogP contribution in [0.25, 0.3) is 0 Å². The number of ether oxygens (including phenoxy) is 1. The molecule has 24 heavy (non-hydrogen) atoms. The van der Waals surface area contributed by atoms with Gasteiger partial charge < -0.3 is 15.4 Å². The first kappa shape index (κ1) is 15.9. The second-order valence-corrected chi connectivity index (χ2v) is 5.31. The van der Waals surface area contributed by atoms with E-state index in [1.54, 1.807) is 18.3 Å². The van der Waals surface area contributed by atoms with Gasteiger partial charge in [0.25, 0.3) is 0 Å². The van der Waals surface area contributed by atoms with Crippen molar-refractivity contribution in [1.82, 2.24) is 4.98 Å². The molecule has 0 saturated heterocycles. The number of anilines is 2. The van der Waals surface area contributed by atoms with E-state index in [0.29, 0.717) is 29.4 Å². The van der Waals surface area contributed by atoms with Crippen molar-refractivity contribution in [3.63, 3.8) is 0 Å². The molecule has 0 aliphatic carbocycles. The van der Waals surface area contributed by atoms with Crippen molar-refractivity contribution in [2.24, 2.45) is 0 Å².